The average Bonchev–Trinajstić information content (AvgIpc) is 3.45. The Bertz CT molecular complexity index is 1890. The van der Waals surface area contributed by atoms with E-state index in [1.54, 1.807) is 66.7 Å². The van der Waals surface area contributed by atoms with Gasteiger partial charge in [-0.1, -0.05) is 61.5 Å². The van der Waals surface area contributed by atoms with Crippen LogP contribution in [0, 0.1) is 4.77 Å². The second-order valence-electron chi connectivity index (χ2n) is 10.6. The summed E-state index contributed by atoms with van der Waals surface area (Å²) in [6, 6.07) is 24.3. The van der Waals surface area contributed by atoms with Crippen molar-refractivity contribution in [3.8, 4) is 0 Å². The van der Waals surface area contributed by atoms with Crippen LogP contribution in [0.2, 0.25) is 0 Å². The molecule has 14 nitrogen and oxygen atoms in total. The van der Waals surface area contributed by atoms with Gasteiger partial charge in [-0.05, 0) is 55.0 Å². The Kier molecular flexibility index (Phi) is 11.6. The Balaban J connectivity index is 1.51. The van der Waals surface area contributed by atoms with Crippen molar-refractivity contribution in [3.05, 3.63) is 123 Å². The van der Waals surface area contributed by atoms with Crippen LogP contribution in [0.25, 0.3) is 0 Å². The molecule has 2 N–H and O–H groups in total. The number of ether oxygens (including phenoxy) is 5. The molecule has 0 saturated carbocycles. The van der Waals surface area contributed by atoms with Crippen molar-refractivity contribution >= 4 is 41.9 Å². The van der Waals surface area contributed by atoms with E-state index in [0.29, 0.717) is 6.42 Å². The van der Waals surface area contributed by atoms with Gasteiger partial charge in [0.05, 0.1) is 23.3 Å². The third-order valence-electron chi connectivity index (χ3n) is 7.14. The van der Waals surface area contributed by atoms with E-state index in [2.05, 4.69) is 15.4 Å². The van der Waals surface area contributed by atoms with Gasteiger partial charge in [0, 0.05) is 0 Å². The molecule has 15 heteroatoms. The lowest BCUT2D eigenvalue weighted by Gasteiger charge is -2.25. The molecule has 0 aliphatic carbocycles. The van der Waals surface area contributed by atoms with Gasteiger partial charge in [0.25, 0.3) is 5.56 Å². The highest BCUT2D eigenvalue weighted by Gasteiger charge is 2.52. The van der Waals surface area contributed by atoms with E-state index >= 15 is 0 Å². The minimum Gasteiger partial charge on any atom is -0.464 e. The van der Waals surface area contributed by atoms with E-state index in [4.69, 9.17) is 35.9 Å². The molecule has 1 aliphatic rings. The molecule has 4 atom stereocenters. The van der Waals surface area contributed by atoms with E-state index in [1.807, 2.05) is 6.92 Å². The van der Waals surface area contributed by atoms with Crippen LogP contribution < -0.4 is 10.9 Å². The number of benzene rings is 3. The van der Waals surface area contributed by atoms with Gasteiger partial charge in [-0.25, -0.2) is 19.1 Å². The van der Waals surface area contributed by atoms with E-state index in [0.717, 1.165) is 4.68 Å². The van der Waals surface area contributed by atoms with E-state index in [9.17, 15) is 24.0 Å². The number of anilines is 1. The van der Waals surface area contributed by atoms with Crippen LogP contribution in [0.15, 0.2) is 95.8 Å². The number of aromatic nitrogens is 3. The molecule has 0 spiro atoms. The molecule has 5 rings (SSSR count). The number of hydrogen-bond donors (Lipinski definition) is 2. The topological polar surface area (TPSA) is 177 Å². The summed E-state index contributed by atoms with van der Waals surface area (Å²) in [7, 11) is 0. The first-order valence-electron chi connectivity index (χ1n) is 15.3. The summed E-state index contributed by atoms with van der Waals surface area (Å²) in [6.45, 7) is 1.20. The molecular weight excluding hydrogens is 656 g/mol. The molecule has 1 aromatic heterocycles. The van der Waals surface area contributed by atoms with Crippen LogP contribution in [-0.4, -0.2) is 76.7 Å². The number of esters is 4. The first-order chi connectivity index (χ1) is 23.7. The van der Waals surface area contributed by atoms with Crippen molar-refractivity contribution in [1.29, 1.82) is 0 Å². The highest BCUT2D eigenvalue weighted by atomic mass is 32.1. The Labute approximate surface area is 284 Å². The number of aromatic amines is 1. The van der Waals surface area contributed by atoms with Crippen molar-refractivity contribution in [3.63, 3.8) is 0 Å². The molecule has 0 amide bonds. The van der Waals surface area contributed by atoms with Gasteiger partial charge < -0.3 is 29.0 Å². The number of H-pyrrole nitrogens is 1. The quantitative estimate of drug-likeness (QED) is 0.118. The largest absolute Gasteiger partial charge is 0.464 e. The maximum atomic E-state index is 13.4. The first-order valence-corrected chi connectivity index (χ1v) is 15.7. The third kappa shape index (κ3) is 8.82. The molecule has 2 heterocycles. The van der Waals surface area contributed by atoms with Gasteiger partial charge in [-0.15, -0.1) is 5.10 Å². The molecule has 0 radical (unpaired) electrons. The molecule has 49 heavy (non-hydrogen) atoms. The molecule has 254 valence electrons. The number of nitrogens with one attached hydrogen (secondary N) is 2. The van der Waals surface area contributed by atoms with Gasteiger partial charge in [0.1, 0.15) is 19.3 Å². The summed E-state index contributed by atoms with van der Waals surface area (Å²) in [5.74, 6) is -3.21. The van der Waals surface area contributed by atoms with Gasteiger partial charge >= 0.3 is 23.9 Å². The van der Waals surface area contributed by atoms with Crippen molar-refractivity contribution in [2.24, 2.45) is 0 Å². The van der Waals surface area contributed by atoms with Crippen LogP contribution in [-0.2, 0) is 28.5 Å². The van der Waals surface area contributed by atoms with Crippen LogP contribution >= 0.6 is 12.2 Å². The minimum atomic E-state index is -1.44. The van der Waals surface area contributed by atoms with E-state index < -0.39 is 60.6 Å². The summed E-state index contributed by atoms with van der Waals surface area (Å²) in [5, 5.41) is 6.88. The zero-order chi connectivity index (χ0) is 34.8. The SMILES string of the molecule is CCCOC(=O)CNc1nn([C@@H]2O[C@@H](COC(=O)c3ccccc3)[C@@H](OC(=O)c3ccccc3)[C@H]2OC(=O)c2ccccc2)c(=S)[nH]c1=O. The van der Waals surface area contributed by atoms with Crippen LogP contribution in [0.1, 0.15) is 50.6 Å². The monoisotopic (exact) mass is 688 g/mol. The highest BCUT2D eigenvalue weighted by molar-refractivity contribution is 7.71. The molecule has 1 fully saturated rings. The second-order valence-corrected chi connectivity index (χ2v) is 11.0. The fraction of sp³-hybridized carbons (Fsp3) is 0.265. The summed E-state index contributed by atoms with van der Waals surface area (Å²) >= 11 is 5.41. The van der Waals surface area contributed by atoms with Gasteiger partial charge in [0.15, 0.2) is 23.2 Å². The number of rotatable bonds is 13. The van der Waals surface area contributed by atoms with Crippen LogP contribution in [0.3, 0.4) is 0 Å². The second kappa shape index (κ2) is 16.4. The fourth-order valence-corrected chi connectivity index (χ4v) is 5.01. The lowest BCUT2D eigenvalue weighted by atomic mass is 10.1. The lowest BCUT2D eigenvalue weighted by molar-refractivity contribution is -0.141. The first kappa shape index (κ1) is 34.7. The van der Waals surface area contributed by atoms with Crippen molar-refractivity contribution < 1.29 is 42.9 Å². The fourth-order valence-electron chi connectivity index (χ4n) is 4.78. The molecule has 4 aromatic rings. The standard InChI is InChI=1S/C34H32N4O10S/c1-2-18-44-25(39)19-35-28-29(40)36-34(49)38(37-28)30-27(48-33(43)23-16-10-5-11-17-23)26(47-32(42)22-14-8-4-9-15-22)24(46-30)20-45-31(41)21-12-6-3-7-13-21/h3-17,24,26-27,30H,2,18-20H2,1H3,(H,35,37)(H,36,40,49)/t24-,26+,27+,30+/m0/s1. The minimum absolute atomic E-state index is 0.180. The van der Waals surface area contributed by atoms with Crippen LogP contribution in [0.5, 0.6) is 0 Å². The number of nitrogens with zero attached hydrogens (tertiary/aromatic N) is 2. The van der Waals surface area contributed by atoms with Crippen molar-refractivity contribution in [2.75, 3.05) is 25.1 Å². The van der Waals surface area contributed by atoms with Crippen molar-refractivity contribution in [1.82, 2.24) is 14.8 Å². The van der Waals surface area contributed by atoms with Gasteiger partial charge in [0.2, 0.25) is 5.82 Å². The molecule has 3 aromatic carbocycles. The third-order valence-corrected chi connectivity index (χ3v) is 7.43. The van der Waals surface area contributed by atoms with Gasteiger partial charge in [-0.3, -0.25) is 14.6 Å². The van der Waals surface area contributed by atoms with E-state index in [1.165, 1.54) is 24.3 Å². The molecule has 0 bridgehead atoms. The average molecular weight is 689 g/mol. The summed E-state index contributed by atoms with van der Waals surface area (Å²) in [6.07, 6.45) is -4.83. The zero-order valence-electron chi connectivity index (χ0n) is 26.2. The van der Waals surface area contributed by atoms with Crippen molar-refractivity contribution in [2.45, 2.75) is 37.9 Å². The van der Waals surface area contributed by atoms with Crippen LogP contribution in [0.4, 0.5) is 5.82 Å². The smallest absolute Gasteiger partial charge is 0.338 e. The number of hydrogen-bond acceptors (Lipinski definition) is 13. The predicted molar refractivity (Wildman–Crippen MR) is 175 cm³/mol. The Morgan fingerprint density at radius 2 is 1.35 bits per heavy atom. The summed E-state index contributed by atoms with van der Waals surface area (Å²) in [4.78, 5) is 67.0. The Morgan fingerprint density at radius 3 is 1.90 bits per heavy atom. The van der Waals surface area contributed by atoms with E-state index in [-0.39, 0.29) is 40.4 Å². The molecular formula is C34H32N4O10S. The lowest BCUT2D eigenvalue weighted by Crippen LogP contribution is -2.42. The summed E-state index contributed by atoms with van der Waals surface area (Å²) in [5.41, 5.74) is -0.112. The molecule has 1 saturated heterocycles. The maximum Gasteiger partial charge on any atom is 0.338 e. The normalized spacial score (nSPS) is 18.2. The molecule has 1 aliphatic heterocycles. The maximum absolute atomic E-state index is 13.4. The Morgan fingerprint density at radius 1 is 0.816 bits per heavy atom. The summed E-state index contributed by atoms with van der Waals surface area (Å²) < 4.78 is 29.5. The molecule has 0 unspecified atom stereocenters. The highest BCUT2D eigenvalue weighted by Crippen LogP contribution is 2.35. The predicted octanol–water partition coefficient (Wildman–Crippen LogP) is 3.87. The zero-order valence-corrected chi connectivity index (χ0v) is 27.0. The number of carbonyl (C=O) groups is 4. The van der Waals surface area contributed by atoms with Gasteiger partial charge in [-0.2, -0.15) is 0 Å². The number of carbonyl (C=O) groups excluding carboxylic acids is 4. The Hall–Kier alpha value is -5.67.